The first kappa shape index (κ1) is 14.7. The van der Waals surface area contributed by atoms with Gasteiger partial charge in [0.2, 0.25) is 0 Å². The predicted octanol–water partition coefficient (Wildman–Crippen LogP) is 4.36. The zero-order valence-electron chi connectivity index (χ0n) is 11.0. The molecule has 17 heavy (non-hydrogen) atoms. The molecule has 3 heteroatoms. The van der Waals surface area contributed by atoms with Crippen LogP contribution in [0, 0.1) is 17.2 Å². The number of benzene rings is 1. The molecule has 0 spiro atoms. The van der Waals surface area contributed by atoms with E-state index in [1.165, 1.54) is 0 Å². The van der Waals surface area contributed by atoms with E-state index >= 15 is 0 Å². The summed E-state index contributed by atoms with van der Waals surface area (Å²) in [6.45, 7) is 10.6. The summed E-state index contributed by atoms with van der Waals surface area (Å²) in [7, 11) is 0. The molecular weight excluding hydrogens is 281 g/mol. The van der Waals surface area contributed by atoms with Gasteiger partial charge < -0.3 is 5.32 Å². The lowest BCUT2D eigenvalue weighted by atomic mass is 9.82. The van der Waals surface area contributed by atoms with Crippen molar-refractivity contribution in [2.45, 2.75) is 34.2 Å². The smallest absolute Gasteiger partial charge is 0.137 e. The maximum atomic E-state index is 13.3. The summed E-state index contributed by atoms with van der Waals surface area (Å²) in [6.07, 6.45) is 0. The molecule has 1 nitrogen and oxygen atoms in total. The third-order valence-corrected chi connectivity index (χ3v) is 3.89. The SMILES string of the molecule is CC(CNCc1ccc(Br)c(F)c1)C(C)(C)C. The zero-order valence-corrected chi connectivity index (χ0v) is 12.6. The fourth-order valence-corrected chi connectivity index (χ4v) is 1.64. The van der Waals surface area contributed by atoms with Crippen molar-refractivity contribution >= 4 is 15.9 Å². The van der Waals surface area contributed by atoms with Crippen molar-refractivity contribution in [3.05, 3.63) is 34.1 Å². The molecule has 0 bridgehead atoms. The molecule has 0 radical (unpaired) electrons. The van der Waals surface area contributed by atoms with Gasteiger partial charge in [-0.15, -0.1) is 0 Å². The molecule has 1 rings (SSSR count). The summed E-state index contributed by atoms with van der Waals surface area (Å²) in [5.41, 5.74) is 1.28. The summed E-state index contributed by atoms with van der Waals surface area (Å²) in [6, 6.07) is 5.25. The minimum atomic E-state index is -0.201. The van der Waals surface area contributed by atoms with E-state index in [-0.39, 0.29) is 5.82 Å². The monoisotopic (exact) mass is 301 g/mol. The molecule has 1 N–H and O–H groups in total. The third kappa shape index (κ3) is 4.76. The van der Waals surface area contributed by atoms with Gasteiger partial charge >= 0.3 is 0 Å². The Hall–Kier alpha value is -0.410. The van der Waals surface area contributed by atoms with E-state index in [1.807, 2.05) is 6.07 Å². The number of rotatable bonds is 4. The Bertz CT molecular complexity index is 371. The first-order valence-corrected chi connectivity index (χ1v) is 6.74. The van der Waals surface area contributed by atoms with E-state index in [0.29, 0.717) is 22.4 Å². The highest BCUT2D eigenvalue weighted by atomic mass is 79.9. The number of nitrogens with one attached hydrogen (secondary N) is 1. The molecule has 0 aliphatic rings. The van der Waals surface area contributed by atoms with Crippen LogP contribution in [0.3, 0.4) is 0 Å². The fourth-order valence-electron chi connectivity index (χ4n) is 1.39. The van der Waals surface area contributed by atoms with Crippen molar-refractivity contribution in [2.75, 3.05) is 6.54 Å². The highest BCUT2D eigenvalue weighted by molar-refractivity contribution is 9.10. The van der Waals surface area contributed by atoms with Crippen LogP contribution in [0.15, 0.2) is 22.7 Å². The Morgan fingerprint density at radius 1 is 1.35 bits per heavy atom. The number of halogens is 2. The van der Waals surface area contributed by atoms with Gasteiger partial charge in [0.15, 0.2) is 0 Å². The molecule has 1 aromatic rings. The second-order valence-electron chi connectivity index (χ2n) is 5.65. The summed E-state index contributed by atoms with van der Waals surface area (Å²) in [5, 5.41) is 3.37. The molecule has 0 heterocycles. The van der Waals surface area contributed by atoms with Gasteiger partial charge in [0.05, 0.1) is 4.47 Å². The molecule has 0 saturated heterocycles. The van der Waals surface area contributed by atoms with E-state index < -0.39 is 0 Å². The zero-order chi connectivity index (χ0) is 13.1. The highest BCUT2D eigenvalue weighted by Gasteiger charge is 2.19. The summed E-state index contributed by atoms with van der Waals surface area (Å²) < 4.78 is 13.8. The van der Waals surface area contributed by atoms with E-state index in [2.05, 4.69) is 48.9 Å². The number of hydrogen-bond donors (Lipinski definition) is 1. The van der Waals surface area contributed by atoms with Gasteiger partial charge in [0.1, 0.15) is 5.82 Å². The molecule has 0 saturated carbocycles. The highest BCUT2D eigenvalue weighted by Crippen LogP contribution is 2.24. The number of hydrogen-bond acceptors (Lipinski definition) is 1. The molecule has 96 valence electrons. The standard InChI is InChI=1S/C14H21BrFN/c1-10(14(2,3)4)8-17-9-11-5-6-12(15)13(16)7-11/h5-7,10,17H,8-9H2,1-4H3. The second kappa shape index (κ2) is 5.96. The predicted molar refractivity (Wildman–Crippen MR) is 74.4 cm³/mol. The maximum absolute atomic E-state index is 13.3. The Kier molecular flexibility index (Phi) is 5.14. The van der Waals surface area contributed by atoms with Crippen molar-refractivity contribution in [2.24, 2.45) is 11.3 Å². The lowest BCUT2D eigenvalue weighted by Gasteiger charge is -2.27. The molecule has 1 unspecified atom stereocenters. The fraction of sp³-hybridized carbons (Fsp3) is 0.571. The summed E-state index contributed by atoms with van der Waals surface area (Å²) in [5.74, 6) is 0.385. The van der Waals surface area contributed by atoms with Crippen molar-refractivity contribution in [1.29, 1.82) is 0 Å². The van der Waals surface area contributed by atoms with E-state index in [9.17, 15) is 4.39 Å². The summed E-state index contributed by atoms with van der Waals surface area (Å²) >= 11 is 3.15. The topological polar surface area (TPSA) is 12.0 Å². The van der Waals surface area contributed by atoms with Crippen molar-refractivity contribution in [3.8, 4) is 0 Å². The van der Waals surface area contributed by atoms with Crippen LogP contribution in [0.5, 0.6) is 0 Å². The third-order valence-electron chi connectivity index (χ3n) is 3.24. The van der Waals surface area contributed by atoms with Crippen LogP contribution in [0.4, 0.5) is 4.39 Å². The minimum Gasteiger partial charge on any atom is -0.312 e. The van der Waals surface area contributed by atoms with Gasteiger partial charge in [-0.25, -0.2) is 4.39 Å². The Morgan fingerprint density at radius 2 is 2.00 bits per heavy atom. The van der Waals surface area contributed by atoms with E-state index in [1.54, 1.807) is 12.1 Å². The van der Waals surface area contributed by atoms with E-state index in [4.69, 9.17) is 0 Å². The molecule has 0 amide bonds. The van der Waals surface area contributed by atoms with Gasteiger partial charge in [0, 0.05) is 6.54 Å². The van der Waals surface area contributed by atoms with Gasteiger partial charge in [0.25, 0.3) is 0 Å². The Morgan fingerprint density at radius 3 is 2.53 bits per heavy atom. The van der Waals surface area contributed by atoms with Gasteiger partial charge in [-0.2, -0.15) is 0 Å². The molecule has 0 aliphatic carbocycles. The van der Waals surface area contributed by atoms with E-state index in [0.717, 1.165) is 12.1 Å². The molecule has 1 atom stereocenters. The average molecular weight is 302 g/mol. The van der Waals surface area contributed by atoms with Gasteiger partial charge in [-0.05, 0) is 51.5 Å². The molecular formula is C14H21BrFN. The van der Waals surface area contributed by atoms with Gasteiger partial charge in [-0.3, -0.25) is 0 Å². The minimum absolute atomic E-state index is 0.201. The quantitative estimate of drug-likeness (QED) is 0.871. The lowest BCUT2D eigenvalue weighted by molar-refractivity contribution is 0.252. The first-order valence-electron chi connectivity index (χ1n) is 5.95. The molecule has 0 aliphatic heterocycles. The molecule has 0 aromatic heterocycles. The van der Waals surface area contributed by atoms with Crippen LogP contribution in [0.2, 0.25) is 0 Å². The Balaban J connectivity index is 2.44. The van der Waals surface area contributed by atoms with Crippen molar-refractivity contribution in [1.82, 2.24) is 5.32 Å². The molecule has 0 fully saturated rings. The van der Waals surface area contributed by atoms with Crippen LogP contribution in [-0.4, -0.2) is 6.54 Å². The largest absolute Gasteiger partial charge is 0.312 e. The second-order valence-corrected chi connectivity index (χ2v) is 6.50. The molecule has 1 aromatic carbocycles. The summed E-state index contributed by atoms with van der Waals surface area (Å²) in [4.78, 5) is 0. The maximum Gasteiger partial charge on any atom is 0.137 e. The van der Waals surface area contributed by atoms with Gasteiger partial charge in [-0.1, -0.05) is 33.8 Å². The van der Waals surface area contributed by atoms with Crippen LogP contribution in [0.25, 0.3) is 0 Å². The first-order chi connectivity index (χ1) is 7.80. The van der Waals surface area contributed by atoms with Crippen molar-refractivity contribution in [3.63, 3.8) is 0 Å². The van der Waals surface area contributed by atoms with Crippen molar-refractivity contribution < 1.29 is 4.39 Å². The normalized spacial score (nSPS) is 13.8. The average Bonchev–Trinajstić information content (AvgIpc) is 2.22. The van der Waals surface area contributed by atoms with Crippen LogP contribution >= 0.6 is 15.9 Å². The Labute approximate surface area is 112 Å². The van der Waals surface area contributed by atoms with Crippen LogP contribution in [-0.2, 0) is 6.54 Å². The van der Waals surface area contributed by atoms with Crippen LogP contribution < -0.4 is 5.32 Å². The van der Waals surface area contributed by atoms with Crippen LogP contribution in [0.1, 0.15) is 33.3 Å². The lowest BCUT2D eigenvalue weighted by Crippen LogP contribution is -2.29.